The Morgan fingerprint density at radius 2 is 1.57 bits per heavy atom. The maximum atomic E-state index is 6.18. The third-order valence-electron chi connectivity index (χ3n) is 5.01. The van der Waals surface area contributed by atoms with E-state index in [1.165, 1.54) is 5.56 Å². The second-order valence-corrected chi connectivity index (χ2v) is 7.20. The van der Waals surface area contributed by atoms with E-state index in [4.69, 9.17) is 15.5 Å². The Kier molecular flexibility index (Phi) is 4.41. The van der Waals surface area contributed by atoms with Gasteiger partial charge in [-0.05, 0) is 54.4 Å². The van der Waals surface area contributed by atoms with Crippen molar-refractivity contribution < 1.29 is 4.74 Å². The van der Waals surface area contributed by atoms with Crippen LogP contribution >= 0.6 is 0 Å². The molecule has 3 N–H and O–H groups in total. The average Bonchev–Trinajstić information content (AvgIpc) is 3.15. The van der Waals surface area contributed by atoms with Crippen molar-refractivity contribution in [3.8, 4) is 33.9 Å². The Hall–Kier alpha value is -4.12. The zero-order chi connectivity index (χ0) is 20.5. The number of pyridine rings is 1. The van der Waals surface area contributed by atoms with Gasteiger partial charge in [0.25, 0.3) is 0 Å². The van der Waals surface area contributed by atoms with Gasteiger partial charge in [0.15, 0.2) is 5.65 Å². The lowest BCUT2D eigenvalue weighted by atomic mass is 9.99. The summed E-state index contributed by atoms with van der Waals surface area (Å²) in [5.74, 6) is 2.08. The molecule has 0 saturated carbocycles. The predicted octanol–water partition coefficient (Wildman–Crippen LogP) is 5.97. The molecule has 0 amide bonds. The van der Waals surface area contributed by atoms with Crippen LogP contribution in [0.25, 0.3) is 33.4 Å². The molecule has 5 heteroatoms. The molecule has 0 unspecified atom stereocenters. The Balaban J connectivity index is 1.58. The Morgan fingerprint density at radius 1 is 0.800 bits per heavy atom. The second kappa shape index (κ2) is 7.37. The molecule has 0 bridgehead atoms. The Bertz CT molecular complexity index is 1320. The Morgan fingerprint density at radius 3 is 2.33 bits per heavy atom. The molecule has 2 aromatic heterocycles. The van der Waals surface area contributed by atoms with Crippen molar-refractivity contribution in [1.82, 2.24) is 15.2 Å². The number of fused-ring (bicyclic) bond motifs is 1. The van der Waals surface area contributed by atoms with Crippen LogP contribution in [0.4, 0.5) is 5.82 Å². The molecule has 0 aliphatic heterocycles. The number of H-pyrrole nitrogens is 1. The van der Waals surface area contributed by atoms with Gasteiger partial charge in [-0.15, -0.1) is 0 Å². The first-order valence-electron chi connectivity index (χ1n) is 9.72. The van der Waals surface area contributed by atoms with Gasteiger partial charge < -0.3 is 10.5 Å². The maximum absolute atomic E-state index is 6.18. The summed E-state index contributed by atoms with van der Waals surface area (Å²) >= 11 is 0. The summed E-state index contributed by atoms with van der Waals surface area (Å²) in [7, 11) is 0. The molecule has 0 saturated heterocycles. The molecule has 5 aromatic rings. The highest BCUT2D eigenvalue weighted by Gasteiger charge is 2.15. The first-order valence-corrected chi connectivity index (χ1v) is 9.72. The number of aryl methyl sites for hydroxylation is 1. The summed E-state index contributed by atoms with van der Waals surface area (Å²) in [6, 6.07) is 28.0. The van der Waals surface area contributed by atoms with Gasteiger partial charge in [-0.2, -0.15) is 5.10 Å². The fourth-order valence-electron chi connectivity index (χ4n) is 3.55. The van der Waals surface area contributed by atoms with E-state index in [1.807, 2.05) is 60.7 Å². The number of hydrogen-bond donors (Lipinski definition) is 2. The number of benzene rings is 3. The number of nitrogen functional groups attached to an aromatic ring is 1. The van der Waals surface area contributed by atoms with Gasteiger partial charge in [0.05, 0.1) is 11.1 Å². The normalized spacial score (nSPS) is 11.0. The summed E-state index contributed by atoms with van der Waals surface area (Å²) in [5, 5.41) is 7.98. The van der Waals surface area contributed by atoms with Crippen LogP contribution in [-0.2, 0) is 0 Å². The number of para-hydroxylation sites is 1. The standard InChI is InChI=1S/C25H20N4O/c1-16-6-5-7-18(14-16)22-15-21(23-24(26)28-29-25(23)27-22)17-10-12-20(13-11-17)30-19-8-3-2-4-9-19/h2-15H,1H3,(H3,26,27,28,29). The molecule has 5 rings (SSSR count). The Labute approximate surface area is 174 Å². The van der Waals surface area contributed by atoms with Crippen molar-refractivity contribution in [1.29, 1.82) is 0 Å². The van der Waals surface area contributed by atoms with Crippen LogP contribution in [0, 0.1) is 6.92 Å². The third-order valence-corrected chi connectivity index (χ3v) is 5.01. The fourth-order valence-corrected chi connectivity index (χ4v) is 3.55. The lowest BCUT2D eigenvalue weighted by Gasteiger charge is -2.10. The molecule has 0 aliphatic carbocycles. The molecule has 0 spiro atoms. The van der Waals surface area contributed by atoms with E-state index in [2.05, 4.69) is 41.4 Å². The van der Waals surface area contributed by atoms with Gasteiger partial charge in [-0.3, -0.25) is 5.10 Å². The van der Waals surface area contributed by atoms with E-state index in [0.29, 0.717) is 11.5 Å². The fraction of sp³-hybridized carbons (Fsp3) is 0.0400. The first kappa shape index (κ1) is 17.9. The van der Waals surface area contributed by atoms with E-state index < -0.39 is 0 Å². The summed E-state index contributed by atoms with van der Waals surface area (Å²) in [6.07, 6.45) is 0. The van der Waals surface area contributed by atoms with Crippen LogP contribution in [-0.4, -0.2) is 15.2 Å². The number of anilines is 1. The van der Waals surface area contributed by atoms with E-state index in [9.17, 15) is 0 Å². The molecule has 30 heavy (non-hydrogen) atoms. The van der Waals surface area contributed by atoms with Gasteiger partial charge in [0.1, 0.15) is 17.3 Å². The van der Waals surface area contributed by atoms with Crippen molar-refractivity contribution in [3.05, 3.63) is 90.5 Å². The summed E-state index contributed by atoms with van der Waals surface area (Å²) in [6.45, 7) is 2.07. The van der Waals surface area contributed by atoms with Crippen molar-refractivity contribution >= 4 is 16.9 Å². The van der Waals surface area contributed by atoms with Crippen molar-refractivity contribution in [2.45, 2.75) is 6.92 Å². The molecule has 0 atom stereocenters. The third kappa shape index (κ3) is 3.37. The molecular formula is C25H20N4O. The molecule has 0 radical (unpaired) electrons. The van der Waals surface area contributed by atoms with E-state index in [-0.39, 0.29) is 0 Å². The lowest BCUT2D eigenvalue weighted by Crippen LogP contribution is -1.92. The van der Waals surface area contributed by atoms with Crippen LogP contribution < -0.4 is 10.5 Å². The smallest absolute Gasteiger partial charge is 0.184 e. The molecule has 0 fully saturated rings. The predicted molar refractivity (Wildman–Crippen MR) is 120 cm³/mol. The summed E-state index contributed by atoms with van der Waals surface area (Å²) in [4.78, 5) is 4.72. The quantitative estimate of drug-likeness (QED) is 0.395. The number of aromatic nitrogens is 3. The number of rotatable bonds is 4. The zero-order valence-corrected chi connectivity index (χ0v) is 16.5. The molecule has 146 valence electrons. The van der Waals surface area contributed by atoms with Crippen LogP contribution in [0.5, 0.6) is 11.5 Å². The van der Waals surface area contributed by atoms with Crippen molar-refractivity contribution in [2.75, 3.05) is 5.73 Å². The molecule has 5 nitrogen and oxygen atoms in total. The van der Waals surface area contributed by atoms with E-state index in [0.717, 1.165) is 39.3 Å². The zero-order valence-electron chi connectivity index (χ0n) is 16.5. The van der Waals surface area contributed by atoms with Crippen LogP contribution in [0.3, 0.4) is 0 Å². The monoisotopic (exact) mass is 392 g/mol. The molecule has 3 aromatic carbocycles. The SMILES string of the molecule is Cc1cccc(-c2cc(-c3ccc(Oc4ccccc4)cc3)c3c(N)[nH]nc3n2)c1. The van der Waals surface area contributed by atoms with Crippen LogP contribution in [0.15, 0.2) is 84.9 Å². The minimum atomic E-state index is 0.507. The van der Waals surface area contributed by atoms with Crippen LogP contribution in [0.1, 0.15) is 5.56 Å². The van der Waals surface area contributed by atoms with E-state index >= 15 is 0 Å². The number of aromatic amines is 1. The number of ether oxygens (including phenoxy) is 1. The average molecular weight is 392 g/mol. The van der Waals surface area contributed by atoms with Crippen molar-refractivity contribution in [2.24, 2.45) is 0 Å². The largest absolute Gasteiger partial charge is 0.457 e. The highest BCUT2D eigenvalue weighted by Crippen LogP contribution is 2.35. The first-order chi connectivity index (χ1) is 14.7. The minimum Gasteiger partial charge on any atom is -0.457 e. The molecule has 0 aliphatic rings. The lowest BCUT2D eigenvalue weighted by molar-refractivity contribution is 0.483. The minimum absolute atomic E-state index is 0.507. The number of nitrogens with one attached hydrogen (secondary N) is 1. The highest BCUT2D eigenvalue weighted by molar-refractivity contribution is 6.01. The van der Waals surface area contributed by atoms with Gasteiger partial charge in [-0.25, -0.2) is 4.98 Å². The summed E-state index contributed by atoms with van der Waals surface area (Å²) < 4.78 is 5.92. The van der Waals surface area contributed by atoms with Crippen molar-refractivity contribution in [3.63, 3.8) is 0 Å². The number of nitrogens with zero attached hydrogens (tertiary/aromatic N) is 2. The second-order valence-electron chi connectivity index (χ2n) is 7.20. The van der Waals surface area contributed by atoms with Gasteiger partial charge in [0.2, 0.25) is 0 Å². The van der Waals surface area contributed by atoms with Gasteiger partial charge in [-0.1, -0.05) is 54.1 Å². The van der Waals surface area contributed by atoms with E-state index in [1.54, 1.807) is 0 Å². The highest BCUT2D eigenvalue weighted by atomic mass is 16.5. The van der Waals surface area contributed by atoms with Crippen LogP contribution in [0.2, 0.25) is 0 Å². The summed E-state index contributed by atoms with van der Waals surface area (Å²) in [5.41, 5.74) is 11.9. The molecule has 2 heterocycles. The van der Waals surface area contributed by atoms with Gasteiger partial charge >= 0.3 is 0 Å². The number of hydrogen-bond acceptors (Lipinski definition) is 4. The maximum Gasteiger partial charge on any atom is 0.184 e. The van der Waals surface area contributed by atoms with Gasteiger partial charge in [0, 0.05) is 5.56 Å². The molecular weight excluding hydrogens is 372 g/mol. The number of nitrogens with two attached hydrogens (primary N) is 1. The topological polar surface area (TPSA) is 76.8 Å².